The minimum atomic E-state index is -0.390. The Kier molecular flexibility index (Phi) is 8.63. The van der Waals surface area contributed by atoms with Gasteiger partial charge in [0.1, 0.15) is 0 Å². The maximum Gasteiger partial charge on any atom is 0.253 e. The third-order valence-electron chi connectivity index (χ3n) is 5.64. The van der Waals surface area contributed by atoms with Crippen molar-refractivity contribution in [2.24, 2.45) is 13.0 Å². The number of anilines is 1. The van der Waals surface area contributed by atoms with E-state index in [1.807, 2.05) is 58.2 Å². The number of carbonyl (C=O) groups is 2. The van der Waals surface area contributed by atoms with Gasteiger partial charge in [-0.1, -0.05) is 79.7 Å². The molecule has 8 nitrogen and oxygen atoms in total. The summed E-state index contributed by atoms with van der Waals surface area (Å²) in [4.78, 5) is 31.1. The molecular formula is C26H27ClN6O2S2. The minimum Gasteiger partial charge on any atom is -0.342 e. The lowest BCUT2D eigenvalue weighted by molar-refractivity contribution is -0.113. The van der Waals surface area contributed by atoms with Crippen molar-refractivity contribution in [3.05, 3.63) is 75.9 Å². The Morgan fingerprint density at radius 1 is 1.08 bits per heavy atom. The molecule has 0 aliphatic rings. The van der Waals surface area contributed by atoms with Crippen LogP contribution in [0.5, 0.6) is 0 Å². The molecule has 0 radical (unpaired) electrons. The molecule has 2 heterocycles. The van der Waals surface area contributed by atoms with Gasteiger partial charge >= 0.3 is 0 Å². The highest BCUT2D eigenvalue weighted by molar-refractivity contribution is 7.99. The SMILES string of the molecule is Cc1sc(NC(=O)CSc2nnc([C@H](NC(=O)c3ccccc3Cl)C(C)C)n2C)nc1-c1ccccc1. The van der Waals surface area contributed by atoms with Crippen molar-refractivity contribution in [3.8, 4) is 11.3 Å². The van der Waals surface area contributed by atoms with Crippen LogP contribution in [0.4, 0.5) is 5.13 Å². The molecule has 2 N–H and O–H groups in total. The molecule has 0 unspecified atom stereocenters. The van der Waals surface area contributed by atoms with Crippen molar-refractivity contribution in [3.63, 3.8) is 0 Å². The highest BCUT2D eigenvalue weighted by atomic mass is 35.5. The Balaban J connectivity index is 1.40. The number of hydrogen-bond acceptors (Lipinski definition) is 7. The average Bonchev–Trinajstić information content (AvgIpc) is 3.43. The second-order valence-corrected chi connectivity index (χ2v) is 11.3. The van der Waals surface area contributed by atoms with Gasteiger partial charge < -0.3 is 15.2 Å². The number of nitrogens with one attached hydrogen (secondary N) is 2. The van der Waals surface area contributed by atoms with E-state index in [-0.39, 0.29) is 29.5 Å². The number of carbonyl (C=O) groups excluding carboxylic acids is 2. The summed E-state index contributed by atoms with van der Waals surface area (Å²) in [6.45, 7) is 5.97. The van der Waals surface area contributed by atoms with Gasteiger partial charge in [-0.25, -0.2) is 4.98 Å². The van der Waals surface area contributed by atoms with Crippen LogP contribution >= 0.6 is 34.7 Å². The first-order chi connectivity index (χ1) is 17.7. The summed E-state index contributed by atoms with van der Waals surface area (Å²) in [7, 11) is 1.82. The molecule has 0 aliphatic carbocycles. The van der Waals surface area contributed by atoms with E-state index in [1.165, 1.54) is 23.1 Å². The van der Waals surface area contributed by atoms with Crippen LogP contribution in [0, 0.1) is 12.8 Å². The molecule has 0 bridgehead atoms. The molecule has 4 aromatic rings. The zero-order valence-corrected chi connectivity index (χ0v) is 23.2. The number of thiazole rings is 1. The first-order valence-electron chi connectivity index (χ1n) is 11.6. The standard InChI is InChI=1S/C26H27ClN6O2S2/c1-15(2)21(29-24(35)18-12-8-9-13-19(18)27)23-31-32-26(33(23)4)36-14-20(34)28-25-30-22(16(3)37-25)17-10-6-5-7-11-17/h5-13,15,21H,14H2,1-4H3,(H,29,35)(H,28,30,34)/t21-/m1/s1. The van der Waals surface area contributed by atoms with Crippen molar-refractivity contribution in [1.82, 2.24) is 25.1 Å². The lowest BCUT2D eigenvalue weighted by atomic mass is 10.0. The zero-order valence-electron chi connectivity index (χ0n) is 20.9. The number of amides is 2. The number of thioether (sulfide) groups is 1. The maximum atomic E-state index is 12.9. The number of hydrogen-bond donors (Lipinski definition) is 2. The van der Waals surface area contributed by atoms with E-state index in [0.29, 0.717) is 26.7 Å². The normalized spacial score (nSPS) is 11.9. The van der Waals surface area contributed by atoms with E-state index < -0.39 is 0 Å². The molecule has 0 spiro atoms. The smallest absolute Gasteiger partial charge is 0.253 e. The van der Waals surface area contributed by atoms with Crippen molar-refractivity contribution >= 4 is 51.6 Å². The van der Waals surface area contributed by atoms with Gasteiger partial charge in [-0.15, -0.1) is 21.5 Å². The summed E-state index contributed by atoms with van der Waals surface area (Å²) >= 11 is 8.91. The quantitative estimate of drug-likeness (QED) is 0.255. The molecule has 1 atom stereocenters. The van der Waals surface area contributed by atoms with Crippen LogP contribution < -0.4 is 10.6 Å². The van der Waals surface area contributed by atoms with Crippen LogP contribution in [0.25, 0.3) is 11.3 Å². The van der Waals surface area contributed by atoms with Crippen molar-refractivity contribution < 1.29 is 9.59 Å². The number of aryl methyl sites for hydroxylation is 1. The highest BCUT2D eigenvalue weighted by Gasteiger charge is 2.26. The lowest BCUT2D eigenvalue weighted by Crippen LogP contribution is -2.33. The largest absolute Gasteiger partial charge is 0.342 e. The topological polar surface area (TPSA) is 102 Å². The molecule has 37 heavy (non-hydrogen) atoms. The molecule has 2 aromatic heterocycles. The lowest BCUT2D eigenvalue weighted by Gasteiger charge is -2.22. The van der Waals surface area contributed by atoms with Gasteiger partial charge in [0.05, 0.1) is 28.1 Å². The van der Waals surface area contributed by atoms with Gasteiger partial charge in [-0.05, 0) is 25.0 Å². The van der Waals surface area contributed by atoms with Gasteiger partial charge in [-0.3, -0.25) is 9.59 Å². The third-order valence-corrected chi connectivity index (χ3v) is 7.88. The Labute approximate surface area is 228 Å². The van der Waals surface area contributed by atoms with E-state index in [4.69, 9.17) is 11.6 Å². The van der Waals surface area contributed by atoms with Crippen LogP contribution in [0.2, 0.25) is 5.02 Å². The second kappa shape index (κ2) is 11.9. The molecular weight excluding hydrogens is 528 g/mol. The first kappa shape index (κ1) is 26.8. The highest BCUT2D eigenvalue weighted by Crippen LogP contribution is 2.30. The molecule has 11 heteroatoms. The van der Waals surface area contributed by atoms with E-state index >= 15 is 0 Å². The molecule has 0 saturated carbocycles. The zero-order chi connectivity index (χ0) is 26.5. The molecule has 2 amide bonds. The number of nitrogens with zero attached hydrogens (tertiary/aromatic N) is 4. The number of benzene rings is 2. The van der Waals surface area contributed by atoms with Gasteiger partial charge in [0, 0.05) is 17.5 Å². The van der Waals surface area contributed by atoms with E-state index in [9.17, 15) is 9.59 Å². The molecule has 0 aliphatic heterocycles. The summed E-state index contributed by atoms with van der Waals surface area (Å²) in [6, 6.07) is 16.4. The van der Waals surface area contributed by atoms with Crippen LogP contribution in [0.3, 0.4) is 0 Å². The first-order valence-corrected chi connectivity index (χ1v) is 13.8. The molecule has 2 aromatic carbocycles. The van der Waals surface area contributed by atoms with Gasteiger partial charge in [0.15, 0.2) is 16.1 Å². The minimum absolute atomic E-state index is 0.0439. The molecule has 192 valence electrons. The Hall–Kier alpha value is -3.21. The van der Waals surface area contributed by atoms with Crippen LogP contribution in [0.1, 0.15) is 40.9 Å². The van der Waals surface area contributed by atoms with Crippen molar-refractivity contribution in [2.75, 3.05) is 11.1 Å². The number of aromatic nitrogens is 4. The third kappa shape index (κ3) is 6.38. The monoisotopic (exact) mass is 554 g/mol. The van der Waals surface area contributed by atoms with E-state index in [0.717, 1.165) is 16.1 Å². The fraction of sp³-hybridized carbons (Fsp3) is 0.269. The Morgan fingerprint density at radius 3 is 2.49 bits per heavy atom. The number of halogens is 1. The van der Waals surface area contributed by atoms with Crippen LogP contribution in [-0.4, -0.2) is 37.3 Å². The molecule has 0 saturated heterocycles. The van der Waals surface area contributed by atoms with Gasteiger partial charge in [0.2, 0.25) is 5.91 Å². The summed E-state index contributed by atoms with van der Waals surface area (Å²) in [5.41, 5.74) is 2.28. The fourth-order valence-electron chi connectivity index (χ4n) is 3.72. The Bertz CT molecular complexity index is 1400. The van der Waals surface area contributed by atoms with Gasteiger partial charge in [-0.2, -0.15) is 0 Å². The summed E-state index contributed by atoms with van der Waals surface area (Å²) in [6.07, 6.45) is 0. The summed E-state index contributed by atoms with van der Waals surface area (Å²) < 4.78 is 1.80. The van der Waals surface area contributed by atoms with Crippen molar-refractivity contribution in [2.45, 2.75) is 32.0 Å². The maximum absolute atomic E-state index is 12.9. The molecule has 0 fully saturated rings. The van der Waals surface area contributed by atoms with Gasteiger partial charge in [0.25, 0.3) is 5.91 Å². The summed E-state index contributed by atoms with van der Waals surface area (Å²) in [5.74, 6) is 0.317. The van der Waals surface area contributed by atoms with E-state index in [2.05, 4.69) is 25.8 Å². The second-order valence-electron chi connectivity index (χ2n) is 8.70. The predicted octanol–water partition coefficient (Wildman–Crippen LogP) is 5.76. The average molecular weight is 555 g/mol. The predicted molar refractivity (Wildman–Crippen MR) is 149 cm³/mol. The van der Waals surface area contributed by atoms with Crippen LogP contribution in [0.15, 0.2) is 59.8 Å². The number of rotatable bonds is 9. The Morgan fingerprint density at radius 2 is 1.78 bits per heavy atom. The van der Waals surface area contributed by atoms with Crippen LogP contribution in [-0.2, 0) is 11.8 Å². The van der Waals surface area contributed by atoms with Crippen molar-refractivity contribution in [1.29, 1.82) is 0 Å². The fourth-order valence-corrected chi connectivity index (χ4v) is 5.51. The molecule has 4 rings (SSSR count). The van der Waals surface area contributed by atoms with E-state index in [1.54, 1.807) is 28.8 Å². The summed E-state index contributed by atoms with van der Waals surface area (Å²) in [5, 5.41) is 16.0.